The van der Waals surface area contributed by atoms with E-state index in [-0.39, 0.29) is 29.5 Å². The summed E-state index contributed by atoms with van der Waals surface area (Å²) < 4.78 is 0. The zero-order valence-electron chi connectivity index (χ0n) is 11.5. The minimum Gasteiger partial charge on any atom is -0.504 e. The smallest absolute Gasteiger partial charge is 0.218 e. The number of para-hydroxylation sites is 2. The van der Waals surface area contributed by atoms with E-state index in [2.05, 4.69) is 0 Å². The molecule has 0 aliphatic carbocycles. The molecule has 0 aliphatic rings. The average Bonchev–Trinajstić information content (AvgIpc) is 2.34. The van der Waals surface area contributed by atoms with Crippen molar-refractivity contribution in [1.29, 1.82) is 0 Å². The molecule has 0 bridgehead atoms. The molecule has 7 nitrogen and oxygen atoms in total. The zero-order valence-corrected chi connectivity index (χ0v) is 11.5. The van der Waals surface area contributed by atoms with Gasteiger partial charge in [0.15, 0.2) is 11.5 Å². The fourth-order valence-electron chi connectivity index (χ4n) is 0.464. The van der Waals surface area contributed by atoms with Gasteiger partial charge in [-0.15, -0.1) is 0 Å². The number of hydrogen-bond acceptors (Lipinski definition) is 5. The molecule has 1 rings (SSSR count). The van der Waals surface area contributed by atoms with Crippen molar-refractivity contribution in [3.05, 3.63) is 24.3 Å². The number of nitrogens with zero attached hydrogens (tertiary/aromatic N) is 1. The van der Waals surface area contributed by atoms with E-state index in [0.717, 1.165) is 0 Å². The molecule has 19 heavy (non-hydrogen) atoms. The fourth-order valence-corrected chi connectivity index (χ4v) is 0.464. The number of phenols is 2. The summed E-state index contributed by atoms with van der Waals surface area (Å²) in [6, 6.07) is 6.15. The lowest BCUT2D eigenvalue weighted by atomic mass is 10.3. The standard InChI is InChI=1S/C6H6O2.C4H9NO.C2H7NO.H2O/c7-5-3-1-2-4-6(5)8;1-4(6)5(2)3;3-1-2-4;/h1-4,7-8H;1-3H3;4H,1-3H2;1H2. The van der Waals surface area contributed by atoms with Gasteiger partial charge < -0.3 is 31.4 Å². The van der Waals surface area contributed by atoms with Gasteiger partial charge >= 0.3 is 0 Å². The number of nitrogens with two attached hydrogens (primary N) is 1. The minimum atomic E-state index is -0.0764. The maximum Gasteiger partial charge on any atom is 0.218 e. The summed E-state index contributed by atoms with van der Waals surface area (Å²) in [6.07, 6.45) is 0. The Hall–Kier alpha value is -1.83. The number of aliphatic hydroxyl groups is 1. The second-order valence-corrected chi connectivity index (χ2v) is 3.41. The van der Waals surface area contributed by atoms with Crippen molar-refractivity contribution in [3.8, 4) is 11.5 Å². The zero-order chi connectivity index (χ0) is 14.6. The first-order chi connectivity index (χ1) is 8.36. The van der Waals surface area contributed by atoms with Crippen molar-refractivity contribution in [3.63, 3.8) is 0 Å². The van der Waals surface area contributed by atoms with E-state index in [1.165, 1.54) is 24.0 Å². The summed E-state index contributed by atoms with van der Waals surface area (Å²) in [5, 5.41) is 25.1. The molecule has 0 heterocycles. The number of hydrogen-bond donors (Lipinski definition) is 4. The molecule has 7 N–H and O–H groups in total. The maximum absolute atomic E-state index is 10.1. The number of carbonyl (C=O) groups is 1. The molecule has 1 aromatic carbocycles. The second-order valence-electron chi connectivity index (χ2n) is 3.41. The van der Waals surface area contributed by atoms with Crippen LogP contribution in [0.2, 0.25) is 0 Å². The topological polar surface area (TPSA) is 139 Å². The van der Waals surface area contributed by atoms with Crippen LogP contribution >= 0.6 is 0 Å². The van der Waals surface area contributed by atoms with E-state index in [9.17, 15) is 4.79 Å². The van der Waals surface area contributed by atoms with E-state index in [1.807, 2.05) is 0 Å². The molecular weight excluding hydrogens is 252 g/mol. The van der Waals surface area contributed by atoms with Gasteiger partial charge in [-0.3, -0.25) is 4.79 Å². The third kappa shape index (κ3) is 16.2. The molecule has 0 aromatic heterocycles. The predicted octanol–water partition coefficient (Wildman–Crippen LogP) is -0.695. The monoisotopic (exact) mass is 276 g/mol. The number of benzene rings is 1. The Morgan fingerprint density at radius 3 is 1.58 bits per heavy atom. The number of aromatic hydroxyl groups is 2. The summed E-state index contributed by atoms with van der Waals surface area (Å²) in [6.45, 7) is 2.00. The Bertz CT molecular complexity index is 309. The molecule has 0 aliphatic heterocycles. The highest BCUT2D eigenvalue weighted by molar-refractivity contribution is 5.72. The number of carbonyl (C=O) groups excluding carboxylic acids is 1. The molecule has 0 radical (unpaired) electrons. The highest BCUT2D eigenvalue weighted by Crippen LogP contribution is 2.21. The Morgan fingerprint density at radius 2 is 1.47 bits per heavy atom. The predicted molar refractivity (Wildman–Crippen MR) is 73.9 cm³/mol. The van der Waals surface area contributed by atoms with Crippen molar-refractivity contribution < 1.29 is 25.6 Å². The lowest BCUT2D eigenvalue weighted by Gasteiger charge is -2.02. The first kappa shape index (κ1) is 22.4. The van der Waals surface area contributed by atoms with E-state index in [0.29, 0.717) is 6.54 Å². The summed E-state index contributed by atoms with van der Waals surface area (Å²) in [7, 11) is 3.45. The molecule has 0 unspecified atom stereocenters. The van der Waals surface area contributed by atoms with Crippen LogP contribution in [0, 0.1) is 0 Å². The first-order valence-corrected chi connectivity index (χ1v) is 5.32. The number of amides is 1. The Balaban J connectivity index is -0.000000210. The lowest BCUT2D eigenvalue weighted by molar-refractivity contribution is -0.126. The molecule has 0 saturated carbocycles. The van der Waals surface area contributed by atoms with E-state index in [1.54, 1.807) is 26.2 Å². The van der Waals surface area contributed by atoms with Gasteiger partial charge in [0.2, 0.25) is 5.91 Å². The van der Waals surface area contributed by atoms with Crippen molar-refractivity contribution in [2.45, 2.75) is 6.92 Å². The van der Waals surface area contributed by atoms with E-state index >= 15 is 0 Å². The average molecular weight is 276 g/mol. The van der Waals surface area contributed by atoms with Gasteiger partial charge in [-0.25, -0.2) is 0 Å². The lowest BCUT2D eigenvalue weighted by Crippen LogP contribution is -2.17. The third-order valence-electron chi connectivity index (χ3n) is 1.64. The molecule has 1 aromatic rings. The first-order valence-electron chi connectivity index (χ1n) is 5.32. The summed E-state index contributed by atoms with van der Waals surface area (Å²) in [5.74, 6) is -0.0602. The van der Waals surface area contributed by atoms with Gasteiger partial charge in [-0.05, 0) is 12.1 Å². The molecule has 0 saturated heterocycles. The number of aliphatic hydroxyl groups excluding tert-OH is 1. The van der Waals surface area contributed by atoms with Gasteiger partial charge in [0.25, 0.3) is 0 Å². The molecule has 0 spiro atoms. The van der Waals surface area contributed by atoms with Crippen molar-refractivity contribution in [2.75, 3.05) is 27.2 Å². The Kier molecular flexibility index (Phi) is 16.7. The van der Waals surface area contributed by atoms with Gasteiger partial charge in [0.05, 0.1) is 6.61 Å². The van der Waals surface area contributed by atoms with Crippen LogP contribution in [0.5, 0.6) is 11.5 Å². The van der Waals surface area contributed by atoms with Crippen molar-refractivity contribution >= 4 is 5.91 Å². The highest BCUT2D eigenvalue weighted by atomic mass is 16.3. The highest BCUT2D eigenvalue weighted by Gasteiger charge is 1.90. The fraction of sp³-hybridized carbons (Fsp3) is 0.417. The normalized spacial score (nSPS) is 7.84. The summed E-state index contributed by atoms with van der Waals surface area (Å²) in [4.78, 5) is 11.6. The van der Waals surface area contributed by atoms with Gasteiger partial charge in [-0.1, -0.05) is 12.1 Å². The summed E-state index contributed by atoms with van der Waals surface area (Å²) in [5.41, 5.74) is 4.78. The SMILES string of the molecule is CC(=O)N(C)C.NCCO.O.Oc1ccccc1O. The summed E-state index contributed by atoms with van der Waals surface area (Å²) >= 11 is 0. The quantitative estimate of drug-likeness (QED) is 0.503. The Labute approximate surface area is 113 Å². The van der Waals surface area contributed by atoms with Crippen LogP contribution in [0.3, 0.4) is 0 Å². The van der Waals surface area contributed by atoms with Crippen LogP contribution in [-0.4, -0.2) is 58.8 Å². The molecule has 0 atom stereocenters. The van der Waals surface area contributed by atoms with Crippen molar-refractivity contribution in [1.82, 2.24) is 4.90 Å². The van der Waals surface area contributed by atoms with Crippen molar-refractivity contribution in [2.24, 2.45) is 5.73 Å². The Morgan fingerprint density at radius 1 is 1.21 bits per heavy atom. The molecule has 0 fully saturated rings. The van der Waals surface area contributed by atoms with E-state index < -0.39 is 0 Å². The van der Waals surface area contributed by atoms with Crippen LogP contribution in [0.25, 0.3) is 0 Å². The van der Waals surface area contributed by atoms with E-state index in [4.69, 9.17) is 21.1 Å². The second kappa shape index (κ2) is 14.2. The number of phenolic OH excluding ortho intramolecular Hbond substituents is 2. The van der Waals surface area contributed by atoms with Crippen LogP contribution < -0.4 is 5.73 Å². The largest absolute Gasteiger partial charge is 0.504 e. The van der Waals surface area contributed by atoms with Crippen LogP contribution in [0.1, 0.15) is 6.92 Å². The van der Waals surface area contributed by atoms with Gasteiger partial charge in [-0.2, -0.15) is 0 Å². The van der Waals surface area contributed by atoms with Gasteiger partial charge in [0, 0.05) is 27.6 Å². The minimum absolute atomic E-state index is 0. The molecule has 7 heteroatoms. The third-order valence-corrected chi connectivity index (χ3v) is 1.64. The maximum atomic E-state index is 10.1. The molecule has 112 valence electrons. The van der Waals surface area contributed by atoms with Crippen LogP contribution in [0.4, 0.5) is 0 Å². The van der Waals surface area contributed by atoms with Crippen LogP contribution in [-0.2, 0) is 4.79 Å². The van der Waals surface area contributed by atoms with Crippen LogP contribution in [0.15, 0.2) is 24.3 Å². The molecule has 1 amide bonds. The number of rotatable bonds is 1. The molecular formula is C12H24N2O5. The van der Waals surface area contributed by atoms with Gasteiger partial charge in [0.1, 0.15) is 0 Å².